The number of hydrogen-bond acceptors (Lipinski definition) is 2. The van der Waals surface area contributed by atoms with Gasteiger partial charge in [-0.05, 0) is 40.3 Å². The molecule has 0 aromatic heterocycles. The predicted octanol–water partition coefficient (Wildman–Crippen LogP) is 2.26. The normalized spacial score (nSPS) is 15.3. The van der Waals surface area contributed by atoms with E-state index in [0.717, 1.165) is 25.5 Å². The zero-order chi connectivity index (χ0) is 9.10. The fourth-order valence-corrected chi connectivity index (χ4v) is 1.62. The number of aliphatic imine (C=N–C) groups is 1. The number of hydrogen-bond donors (Lipinski definition) is 0. The Hall–Kier alpha value is -0.580. The number of ether oxygens (including phenoxy) is 1. The van der Waals surface area contributed by atoms with Gasteiger partial charge in [-0.1, -0.05) is 12.1 Å². The van der Waals surface area contributed by atoms with Crippen LogP contribution in [0.15, 0.2) is 29.3 Å². The molecule has 1 aromatic rings. The molecule has 0 aliphatic carbocycles. The summed E-state index contributed by atoms with van der Waals surface area (Å²) in [5.41, 5.74) is 1.26. The second-order valence-corrected chi connectivity index (χ2v) is 4.17. The first-order valence-electron chi connectivity index (χ1n) is 4.25. The monoisotopic (exact) mass is 287 g/mol. The molecule has 0 atom stereocenters. The molecule has 1 aliphatic rings. The Morgan fingerprint density at radius 3 is 2.69 bits per heavy atom. The van der Waals surface area contributed by atoms with Gasteiger partial charge in [-0.15, -0.1) is 0 Å². The van der Waals surface area contributed by atoms with Crippen molar-refractivity contribution in [3.8, 4) is 0 Å². The highest BCUT2D eigenvalue weighted by molar-refractivity contribution is 14.1. The fraction of sp³-hybridized carbons (Fsp3) is 0.300. The molecule has 3 heteroatoms. The molecule has 0 fully saturated rings. The molecule has 1 aromatic carbocycles. The van der Waals surface area contributed by atoms with Crippen molar-refractivity contribution in [1.82, 2.24) is 0 Å². The molecule has 0 unspecified atom stereocenters. The van der Waals surface area contributed by atoms with Gasteiger partial charge >= 0.3 is 0 Å². The van der Waals surface area contributed by atoms with Gasteiger partial charge in [-0.25, -0.2) is 0 Å². The van der Waals surface area contributed by atoms with Crippen LogP contribution >= 0.6 is 22.6 Å². The molecule has 0 spiro atoms. The minimum atomic E-state index is 0.750. The topological polar surface area (TPSA) is 21.6 Å². The third-order valence-corrected chi connectivity index (χ3v) is 2.64. The van der Waals surface area contributed by atoms with Gasteiger partial charge in [0.15, 0.2) is 5.90 Å². The van der Waals surface area contributed by atoms with Crippen LogP contribution in [0.5, 0.6) is 0 Å². The summed E-state index contributed by atoms with van der Waals surface area (Å²) in [6, 6.07) is 8.44. The number of benzene rings is 1. The summed E-state index contributed by atoms with van der Waals surface area (Å²) in [5.74, 6) is 0.876. The van der Waals surface area contributed by atoms with Crippen molar-refractivity contribution in [2.75, 3.05) is 13.2 Å². The largest absolute Gasteiger partial charge is 0.479 e. The Bertz CT molecular complexity index is 318. The van der Waals surface area contributed by atoms with Crippen LogP contribution in [0.3, 0.4) is 0 Å². The van der Waals surface area contributed by atoms with Crippen molar-refractivity contribution >= 4 is 28.5 Å². The van der Waals surface area contributed by atoms with Gasteiger partial charge in [0, 0.05) is 9.99 Å². The van der Waals surface area contributed by atoms with Crippen molar-refractivity contribution in [2.24, 2.45) is 4.99 Å². The summed E-state index contributed by atoms with van der Waals surface area (Å²) < 4.78 is 6.60. The Balaban J connectivity index is 2.05. The van der Waals surface area contributed by atoms with Crippen molar-refractivity contribution in [3.63, 3.8) is 0 Å². The molecule has 68 valence electrons. The molecule has 2 rings (SSSR count). The van der Waals surface area contributed by atoms with Crippen LogP contribution in [0, 0.1) is 3.57 Å². The van der Waals surface area contributed by atoms with E-state index in [0.29, 0.717) is 0 Å². The van der Waals surface area contributed by atoms with Crippen LogP contribution < -0.4 is 0 Å². The van der Waals surface area contributed by atoms with Gasteiger partial charge in [0.05, 0.1) is 6.54 Å². The first-order valence-corrected chi connectivity index (χ1v) is 5.33. The molecular weight excluding hydrogens is 277 g/mol. The molecule has 0 amide bonds. The van der Waals surface area contributed by atoms with Crippen molar-refractivity contribution in [1.29, 1.82) is 0 Å². The highest BCUT2D eigenvalue weighted by atomic mass is 127. The van der Waals surface area contributed by atoms with Crippen molar-refractivity contribution < 1.29 is 4.74 Å². The number of nitrogens with zero attached hydrogens (tertiary/aromatic N) is 1. The van der Waals surface area contributed by atoms with Crippen LogP contribution in [0.4, 0.5) is 0 Å². The van der Waals surface area contributed by atoms with Gasteiger partial charge in [0.1, 0.15) is 6.61 Å². The minimum Gasteiger partial charge on any atom is -0.479 e. The lowest BCUT2D eigenvalue weighted by Crippen LogP contribution is -2.02. The van der Waals surface area contributed by atoms with E-state index in [1.807, 2.05) is 0 Å². The van der Waals surface area contributed by atoms with E-state index in [-0.39, 0.29) is 0 Å². The highest BCUT2D eigenvalue weighted by Crippen LogP contribution is 2.09. The second-order valence-electron chi connectivity index (χ2n) is 2.93. The summed E-state index contributed by atoms with van der Waals surface area (Å²) >= 11 is 2.30. The smallest absolute Gasteiger partial charge is 0.187 e. The van der Waals surface area contributed by atoms with E-state index in [1.165, 1.54) is 9.13 Å². The summed E-state index contributed by atoms with van der Waals surface area (Å²) in [7, 11) is 0. The lowest BCUT2D eigenvalue weighted by molar-refractivity contribution is 0.341. The maximum atomic E-state index is 5.34. The average molecular weight is 287 g/mol. The van der Waals surface area contributed by atoms with Gasteiger partial charge in [0.2, 0.25) is 0 Å². The van der Waals surface area contributed by atoms with Crippen LogP contribution in [0.1, 0.15) is 5.56 Å². The van der Waals surface area contributed by atoms with Crippen molar-refractivity contribution in [3.05, 3.63) is 33.4 Å². The van der Waals surface area contributed by atoms with Crippen LogP contribution in [0.25, 0.3) is 0 Å². The first kappa shape index (κ1) is 8.99. The van der Waals surface area contributed by atoms with Crippen LogP contribution in [-0.4, -0.2) is 19.0 Å². The average Bonchev–Trinajstić information content (AvgIpc) is 2.62. The predicted molar refractivity (Wildman–Crippen MR) is 61.1 cm³/mol. The molecule has 0 N–H and O–H groups in total. The molecule has 0 saturated heterocycles. The summed E-state index contributed by atoms with van der Waals surface area (Å²) in [6.45, 7) is 1.57. The van der Waals surface area contributed by atoms with E-state index in [9.17, 15) is 0 Å². The molecular formula is C10H10INO. The minimum absolute atomic E-state index is 0.750. The first-order chi connectivity index (χ1) is 6.34. The van der Waals surface area contributed by atoms with Crippen molar-refractivity contribution in [2.45, 2.75) is 6.42 Å². The van der Waals surface area contributed by atoms with Gasteiger partial charge in [0.25, 0.3) is 0 Å². The fourth-order valence-electron chi connectivity index (χ4n) is 1.26. The Morgan fingerprint density at radius 1 is 1.31 bits per heavy atom. The van der Waals surface area contributed by atoms with Gasteiger partial charge in [-0.3, -0.25) is 4.99 Å². The maximum absolute atomic E-state index is 5.34. The third kappa shape index (κ3) is 2.43. The van der Waals surface area contributed by atoms with Crippen LogP contribution in [0.2, 0.25) is 0 Å². The summed E-state index contributed by atoms with van der Waals surface area (Å²) in [6.07, 6.45) is 0.830. The molecule has 2 nitrogen and oxygen atoms in total. The lowest BCUT2D eigenvalue weighted by atomic mass is 10.1. The van der Waals surface area contributed by atoms with E-state index in [2.05, 4.69) is 51.8 Å². The molecule has 1 aliphatic heterocycles. The number of halogens is 1. The lowest BCUT2D eigenvalue weighted by Gasteiger charge is -2.01. The highest BCUT2D eigenvalue weighted by Gasteiger charge is 2.07. The zero-order valence-electron chi connectivity index (χ0n) is 7.16. The van der Waals surface area contributed by atoms with E-state index >= 15 is 0 Å². The Morgan fingerprint density at radius 2 is 2.08 bits per heavy atom. The van der Waals surface area contributed by atoms with Gasteiger partial charge < -0.3 is 4.74 Å². The summed E-state index contributed by atoms with van der Waals surface area (Å²) in [5, 5.41) is 0. The van der Waals surface area contributed by atoms with E-state index < -0.39 is 0 Å². The standard InChI is InChI=1S/C10H10INO/c11-9-3-1-8(2-4-9)7-10-12-5-6-13-10/h1-4H,5-7H2. The third-order valence-electron chi connectivity index (χ3n) is 1.92. The molecule has 0 bridgehead atoms. The Labute approximate surface area is 91.2 Å². The Kier molecular flexibility index (Phi) is 2.83. The maximum Gasteiger partial charge on any atom is 0.187 e. The SMILES string of the molecule is Ic1ccc(CC2=NCCO2)cc1. The zero-order valence-corrected chi connectivity index (χ0v) is 9.32. The summed E-state index contributed by atoms with van der Waals surface area (Å²) in [4.78, 5) is 4.25. The molecule has 0 radical (unpaired) electrons. The van der Waals surface area contributed by atoms with E-state index in [4.69, 9.17) is 4.74 Å². The molecule has 1 heterocycles. The van der Waals surface area contributed by atoms with Crippen LogP contribution in [-0.2, 0) is 11.2 Å². The molecule has 13 heavy (non-hydrogen) atoms. The second kappa shape index (κ2) is 4.09. The quantitative estimate of drug-likeness (QED) is 0.765. The van der Waals surface area contributed by atoms with Gasteiger partial charge in [-0.2, -0.15) is 0 Å². The number of rotatable bonds is 2. The van der Waals surface area contributed by atoms with E-state index in [1.54, 1.807) is 0 Å². The molecule has 0 saturated carbocycles.